The van der Waals surface area contributed by atoms with Crippen LogP contribution in [0.25, 0.3) is 22.5 Å². The van der Waals surface area contributed by atoms with Gasteiger partial charge in [0.2, 0.25) is 0 Å². The van der Waals surface area contributed by atoms with Gasteiger partial charge in [-0.2, -0.15) is 0 Å². The molecule has 5 nitrogen and oxygen atoms in total. The van der Waals surface area contributed by atoms with Crippen LogP contribution in [0.5, 0.6) is 5.75 Å². The van der Waals surface area contributed by atoms with Crippen LogP contribution in [0, 0.1) is 6.92 Å². The molecule has 2 aromatic carbocycles. The molecule has 0 spiro atoms. The monoisotopic (exact) mass is 382 g/mol. The van der Waals surface area contributed by atoms with E-state index in [4.69, 9.17) is 17.3 Å². The van der Waals surface area contributed by atoms with E-state index in [9.17, 15) is 5.11 Å². The molecule has 0 fully saturated rings. The third-order valence-electron chi connectivity index (χ3n) is 4.37. The van der Waals surface area contributed by atoms with Gasteiger partial charge in [-0.3, -0.25) is 0 Å². The first kappa shape index (κ1) is 19.1. The SMILES string of the molecule is CC[C@@H](N)CNc1nc(-c2cc(Cl)ccc2O)ncc1-c1cccc(C)c1. The molecule has 4 N–H and O–H groups in total. The van der Waals surface area contributed by atoms with Gasteiger partial charge in [0.25, 0.3) is 0 Å². The highest BCUT2D eigenvalue weighted by Crippen LogP contribution is 2.33. The van der Waals surface area contributed by atoms with Crippen molar-refractivity contribution in [2.24, 2.45) is 5.73 Å². The summed E-state index contributed by atoms with van der Waals surface area (Å²) in [5, 5.41) is 14.0. The van der Waals surface area contributed by atoms with Gasteiger partial charge < -0.3 is 16.2 Å². The van der Waals surface area contributed by atoms with Crippen LogP contribution in [0.1, 0.15) is 18.9 Å². The molecule has 0 saturated heterocycles. The Morgan fingerprint density at radius 3 is 2.74 bits per heavy atom. The van der Waals surface area contributed by atoms with Crippen molar-refractivity contribution in [3.8, 4) is 28.3 Å². The fourth-order valence-corrected chi connectivity index (χ4v) is 2.90. The number of hydrogen-bond acceptors (Lipinski definition) is 5. The molecule has 140 valence electrons. The number of nitrogens with zero attached hydrogens (tertiary/aromatic N) is 2. The second-order valence-corrected chi connectivity index (χ2v) is 6.97. The minimum absolute atomic E-state index is 0.0216. The van der Waals surface area contributed by atoms with E-state index < -0.39 is 0 Å². The Bertz CT molecular complexity index is 945. The normalized spacial score (nSPS) is 12.0. The maximum absolute atomic E-state index is 10.2. The lowest BCUT2D eigenvalue weighted by molar-refractivity contribution is 0.477. The number of aromatic nitrogens is 2. The van der Waals surface area contributed by atoms with E-state index in [0.29, 0.717) is 28.8 Å². The summed E-state index contributed by atoms with van der Waals surface area (Å²) >= 11 is 6.07. The zero-order valence-electron chi connectivity index (χ0n) is 15.4. The summed E-state index contributed by atoms with van der Waals surface area (Å²) in [6.45, 7) is 4.68. The van der Waals surface area contributed by atoms with Crippen molar-refractivity contribution >= 4 is 17.4 Å². The van der Waals surface area contributed by atoms with Gasteiger partial charge in [0, 0.05) is 29.4 Å². The molecule has 0 aliphatic carbocycles. The summed E-state index contributed by atoms with van der Waals surface area (Å²) in [5.41, 5.74) is 9.60. The van der Waals surface area contributed by atoms with E-state index in [0.717, 1.165) is 23.1 Å². The average molecular weight is 383 g/mol. The van der Waals surface area contributed by atoms with Crippen LogP contribution < -0.4 is 11.1 Å². The number of phenols is 1. The number of aryl methyl sites for hydroxylation is 1. The van der Waals surface area contributed by atoms with Gasteiger partial charge in [-0.1, -0.05) is 48.4 Å². The van der Waals surface area contributed by atoms with E-state index >= 15 is 0 Å². The number of nitrogens with one attached hydrogen (secondary N) is 1. The Balaban J connectivity index is 2.07. The van der Waals surface area contributed by atoms with Gasteiger partial charge in [-0.25, -0.2) is 9.97 Å². The third kappa shape index (κ3) is 4.56. The van der Waals surface area contributed by atoms with Gasteiger partial charge in [0.05, 0.1) is 5.56 Å². The number of halogens is 1. The van der Waals surface area contributed by atoms with Gasteiger partial charge in [0.15, 0.2) is 5.82 Å². The summed E-state index contributed by atoms with van der Waals surface area (Å²) < 4.78 is 0. The molecule has 3 rings (SSSR count). The number of hydrogen-bond donors (Lipinski definition) is 3. The molecule has 1 atom stereocenters. The Morgan fingerprint density at radius 2 is 2.00 bits per heavy atom. The number of nitrogens with two attached hydrogens (primary N) is 1. The van der Waals surface area contributed by atoms with Gasteiger partial charge >= 0.3 is 0 Å². The quantitative estimate of drug-likeness (QED) is 0.579. The minimum Gasteiger partial charge on any atom is -0.507 e. The first-order valence-corrected chi connectivity index (χ1v) is 9.28. The summed E-state index contributed by atoms with van der Waals surface area (Å²) in [4.78, 5) is 9.12. The van der Waals surface area contributed by atoms with E-state index in [-0.39, 0.29) is 11.8 Å². The molecule has 0 aliphatic rings. The smallest absolute Gasteiger partial charge is 0.165 e. The van der Waals surface area contributed by atoms with Crippen molar-refractivity contribution in [1.82, 2.24) is 9.97 Å². The fraction of sp³-hybridized carbons (Fsp3) is 0.238. The third-order valence-corrected chi connectivity index (χ3v) is 4.61. The topological polar surface area (TPSA) is 84.1 Å². The summed E-state index contributed by atoms with van der Waals surface area (Å²) in [6, 6.07) is 13.0. The Labute approximate surface area is 164 Å². The molecule has 1 aromatic heterocycles. The predicted molar refractivity (Wildman–Crippen MR) is 111 cm³/mol. The first-order chi connectivity index (χ1) is 13.0. The van der Waals surface area contributed by atoms with E-state index in [1.807, 2.05) is 32.0 Å². The first-order valence-electron chi connectivity index (χ1n) is 8.90. The highest BCUT2D eigenvalue weighted by atomic mass is 35.5. The standard InChI is InChI=1S/C21H23ClN4O/c1-3-16(23)11-24-21-18(14-6-4-5-13(2)9-14)12-25-20(26-21)17-10-15(22)7-8-19(17)27/h4-10,12,16,27H,3,11,23H2,1-2H3,(H,24,25,26)/t16-/m1/s1. The van der Waals surface area contributed by atoms with Gasteiger partial charge in [-0.15, -0.1) is 0 Å². The average Bonchev–Trinajstić information content (AvgIpc) is 2.67. The molecule has 0 bridgehead atoms. The van der Waals surface area contributed by atoms with Crippen molar-refractivity contribution in [1.29, 1.82) is 0 Å². The summed E-state index contributed by atoms with van der Waals surface area (Å²) in [7, 11) is 0. The van der Waals surface area contributed by atoms with E-state index in [1.54, 1.807) is 18.3 Å². The highest BCUT2D eigenvalue weighted by molar-refractivity contribution is 6.30. The van der Waals surface area contributed by atoms with Crippen LogP contribution in [0.4, 0.5) is 5.82 Å². The van der Waals surface area contributed by atoms with Crippen molar-refractivity contribution in [2.45, 2.75) is 26.3 Å². The molecule has 0 aliphatic heterocycles. The number of phenolic OH excluding ortho intramolecular Hbond substituents is 1. The van der Waals surface area contributed by atoms with Crippen LogP contribution in [-0.2, 0) is 0 Å². The molecule has 0 radical (unpaired) electrons. The van der Waals surface area contributed by atoms with Crippen molar-refractivity contribution in [2.75, 3.05) is 11.9 Å². The zero-order valence-corrected chi connectivity index (χ0v) is 16.2. The summed E-state index contributed by atoms with van der Waals surface area (Å²) in [6.07, 6.45) is 2.62. The number of benzene rings is 2. The predicted octanol–water partition coefficient (Wildman–Crippen LogP) is 4.63. The van der Waals surface area contributed by atoms with Crippen molar-refractivity contribution in [3.63, 3.8) is 0 Å². The molecule has 6 heteroatoms. The summed E-state index contributed by atoms with van der Waals surface area (Å²) in [5.74, 6) is 1.16. The molecular formula is C21H23ClN4O. The maximum Gasteiger partial charge on any atom is 0.165 e. The second-order valence-electron chi connectivity index (χ2n) is 6.54. The van der Waals surface area contributed by atoms with Crippen LogP contribution >= 0.6 is 11.6 Å². The lowest BCUT2D eigenvalue weighted by Crippen LogP contribution is -2.28. The van der Waals surface area contributed by atoms with Crippen LogP contribution in [0.15, 0.2) is 48.7 Å². The van der Waals surface area contributed by atoms with E-state index in [2.05, 4.69) is 21.4 Å². The fourth-order valence-electron chi connectivity index (χ4n) is 2.73. The minimum atomic E-state index is 0.0216. The lowest BCUT2D eigenvalue weighted by Gasteiger charge is -2.16. The van der Waals surface area contributed by atoms with Gasteiger partial charge in [0.1, 0.15) is 11.6 Å². The van der Waals surface area contributed by atoms with E-state index in [1.165, 1.54) is 6.07 Å². The molecule has 27 heavy (non-hydrogen) atoms. The van der Waals surface area contributed by atoms with Crippen molar-refractivity contribution < 1.29 is 5.11 Å². The number of aromatic hydroxyl groups is 1. The van der Waals surface area contributed by atoms with Gasteiger partial charge in [-0.05, 0) is 37.1 Å². The number of rotatable bonds is 6. The van der Waals surface area contributed by atoms with Crippen LogP contribution in [-0.4, -0.2) is 27.7 Å². The number of anilines is 1. The molecular weight excluding hydrogens is 360 g/mol. The van der Waals surface area contributed by atoms with Crippen LogP contribution in [0.3, 0.4) is 0 Å². The second kappa shape index (κ2) is 8.37. The molecule has 0 amide bonds. The Morgan fingerprint density at radius 1 is 1.19 bits per heavy atom. The lowest BCUT2D eigenvalue weighted by atomic mass is 10.0. The van der Waals surface area contributed by atoms with Crippen LogP contribution in [0.2, 0.25) is 5.02 Å². The Hall–Kier alpha value is -2.63. The molecule has 1 heterocycles. The van der Waals surface area contributed by atoms with Crippen molar-refractivity contribution in [3.05, 3.63) is 59.2 Å². The zero-order chi connectivity index (χ0) is 19.4. The molecule has 0 saturated carbocycles. The largest absolute Gasteiger partial charge is 0.507 e. The maximum atomic E-state index is 10.2. The highest BCUT2D eigenvalue weighted by Gasteiger charge is 2.14. The molecule has 0 unspecified atom stereocenters. The molecule has 3 aromatic rings. The Kier molecular flexibility index (Phi) is 5.94.